The van der Waals surface area contributed by atoms with E-state index in [2.05, 4.69) is 15.6 Å². The van der Waals surface area contributed by atoms with Crippen molar-refractivity contribution in [2.75, 3.05) is 10.6 Å². The number of nitrogens with one attached hydrogen (secondary N) is 2. The maximum absolute atomic E-state index is 12.4. The highest BCUT2D eigenvalue weighted by Crippen LogP contribution is 2.24. The maximum atomic E-state index is 12.4. The minimum Gasteiger partial charge on any atom is -0.508 e. The Morgan fingerprint density at radius 1 is 1.04 bits per heavy atom. The standard InChI is InChI=1S/C19H17N3O2/c1-13-4-2-5-14(12-13)19(24)22-17-6-3-11-20-18(17)21-15-7-9-16(23)10-8-15/h2-12,23H,1H3,(H,20,21)(H,22,24). The molecule has 0 aliphatic heterocycles. The van der Waals surface area contributed by atoms with Gasteiger partial charge in [-0.2, -0.15) is 0 Å². The van der Waals surface area contributed by atoms with Crippen LogP contribution in [0.3, 0.4) is 0 Å². The summed E-state index contributed by atoms with van der Waals surface area (Å²) < 4.78 is 0. The topological polar surface area (TPSA) is 74.2 Å². The number of aromatic hydroxyl groups is 1. The van der Waals surface area contributed by atoms with Gasteiger partial charge in [0.2, 0.25) is 0 Å². The minimum absolute atomic E-state index is 0.189. The van der Waals surface area contributed by atoms with Crippen LogP contribution in [-0.4, -0.2) is 16.0 Å². The third-order valence-electron chi connectivity index (χ3n) is 3.47. The van der Waals surface area contributed by atoms with Gasteiger partial charge < -0.3 is 15.7 Å². The van der Waals surface area contributed by atoms with Crippen molar-refractivity contribution in [1.82, 2.24) is 4.98 Å². The molecule has 0 saturated heterocycles. The highest BCUT2D eigenvalue weighted by atomic mass is 16.3. The van der Waals surface area contributed by atoms with Crippen LogP contribution in [0.5, 0.6) is 5.75 Å². The van der Waals surface area contributed by atoms with E-state index in [4.69, 9.17) is 0 Å². The number of pyridine rings is 1. The summed E-state index contributed by atoms with van der Waals surface area (Å²) in [5, 5.41) is 15.3. The largest absolute Gasteiger partial charge is 0.508 e. The summed E-state index contributed by atoms with van der Waals surface area (Å²) >= 11 is 0. The zero-order chi connectivity index (χ0) is 16.9. The van der Waals surface area contributed by atoms with Gasteiger partial charge in [0.25, 0.3) is 5.91 Å². The lowest BCUT2D eigenvalue weighted by atomic mass is 10.1. The zero-order valence-electron chi connectivity index (χ0n) is 13.2. The number of aryl methyl sites for hydroxylation is 1. The molecule has 1 aromatic heterocycles. The second-order valence-corrected chi connectivity index (χ2v) is 5.40. The van der Waals surface area contributed by atoms with E-state index < -0.39 is 0 Å². The summed E-state index contributed by atoms with van der Waals surface area (Å²) in [6.07, 6.45) is 1.64. The third kappa shape index (κ3) is 3.70. The molecule has 0 fully saturated rings. The summed E-state index contributed by atoms with van der Waals surface area (Å²) in [4.78, 5) is 16.7. The van der Waals surface area contributed by atoms with E-state index in [9.17, 15) is 9.90 Å². The average molecular weight is 319 g/mol. The number of hydrogen-bond donors (Lipinski definition) is 3. The maximum Gasteiger partial charge on any atom is 0.255 e. The van der Waals surface area contributed by atoms with Gasteiger partial charge in [0.05, 0.1) is 5.69 Å². The van der Waals surface area contributed by atoms with E-state index in [1.165, 1.54) is 0 Å². The first-order valence-electron chi connectivity index (χ1n) is 7.51. The first-order chi connectivity index (χ1) is 11.6. The van der Waals surface area contributed by atoms with Crippen LogP contribution in [0.1, 0.15) is 15.9 Å². The van der Waals surface area contributed by atoms with E-state index in [1.54, 1.807) is 48.7 Å². The van der Waals surface area contributed by atoms with Crippen molar-refractivity contribution in [2.45, 2.75) is 6.92 Å². The number of amides is 1. The van der Waals surface area contributed by atoms with Gasteiger partial charge in [-0.3, -0.25) is 4.79 Å². The van der Waals surface area contributed by atoms with E-state index in [0.29, 0.717) is 17.1 Å². The molecule has 5 heteroatoms. The minimum atomic E-state index is -0.194. The number of nitrogens with zero attached hydrogens (tertiary/aromatic N) is 1. The normalized spacial score (nSPS) is 10.2. The van der Waals surface area contributed by atoms with Gasteiger partial charge in [0, 0.05) is 17.4 Å². The van der Waals surface area contributed by atoms with Crippen molar-refractivity contribution in [3.05, 3.63) is 78.0 Å². The molecule has 1 amide bonds. The zero-order valence-corrected chi connectivity index (χ0v) is 13.2. The average Bonchev–Trinajstić information content (AvgIpc) is 2.58. The molecule has 3 aromatic rings. The Morgan fingerprint density at radius 3 is 2.58 bits per heavy atom. The summed E-state index contributed by atoms with van der Waals surface area (Å²) in [5.41, 5.74) is 2.96. The molecule has 2 aromatic carbocycles. The van der Waals surface area contributed by atoms with E-state index >= 15 is 0 Å². The van der Waals surface area contributed by atoms with Crippen LogP contribution in [0, 0.1) is 6.92 Å². The molecular weight excluding hydrogens is 302 g/mol. The van der Waals surface area contributed by atoms with Gasteiger partial charge in [-0.15, -0.1) is 0 Å². The molecule has 0 spiro atoms. The van der Waals surface area contributed by atoms with Gasteiger partial charge in [-0.05, 0) is 55.5 Å². The molecule has 0 atom stereocenters. The van der Waals surface area contributed by atoms with Crippen LogP contribution >= 0.6 is 0 Å². The lowest BCUT2D eigenvalue weighted by molar-refractivity contribution is 0.102. The van der Waals surface area contributed by atoms with Crippen molar-refractivity contribution >= 4 is 23.1 Å². The number of phenols is 1. The molecule has 24 heavy (non-hydrogen) atoms. The van der Waals surface area contributed by atoms with Crippen molar-refractivity contribution in [3.8, 4) is 5.75 Å². The number of carbonyl (C=O) groups is 1. The first kappa shape index (κ1) is 15.6. The number of rotatable bonds is 4. The number of anilines is 3. The Balaban J connectivity index is 1.81. The summed E-state index contributed by atoms with van der Waals surface area (Å²) in [7, 11) is 0. The van der Waals surface area contributed by atoms with Crippen molar-refractivity contribution < 1.29 is 9.90 Å². The molecule has 5 nitrogen and oxygen atoms in total. The second-order valence-electron chi connectivity index (χ2n) is 5.40. The van der Waals surface area contributed by atoms with E-state index in [-0.39, 0.29) is 11.7 Å². The Morgan fingerprint density at radius 2 is 1.83 bits per heavy atom. The molecule has 3 rings (SSSR count). The molecule has 3 N–H and O–H groups in total. The number of hydrogen-bond acceptors (Lipinski definition) is 4. The molecule has 0 bridgehead atoms. The number of benzene rings is 2. The van der Waals surface area contributed by atoms with Gasteiger partial charge in [-0.25, -0.2) is 4.98 Å². The molecule has 0 unspecified atom stereocenters. The van der Waals surface area contributed by atoms with Gasteiger partial charge >= 0.3 is 0 Å². The quantitative estimate of drug-likeness (QED) is 0.633. The molecule has 0 radical (unpaired) electrons. The summed E-state index contributed by atoms with van der Waals surface area (Å²) in [6, 6.07) is 17.6. The second kappa shape index (κ2) is 6.83. The van der Waals surface area contributed by atoms with Crippen molar-refractivity contribution in [2.24, 2.45) is 0 Å². The molecule has 1 heterocycles. The smallest absolute Gasteiger partial charge is 0.255 e. The van der Waals surface area contributed by atoms with Crippen LogP contribution in [0.15, 0.2) is 66.9 Å². The SMILES string of the molecule is Cc1cccc(C(=O)Nc2cccnc2Nc2ccc(O)cc2)c1. The number of phenolic OH excluding ortho intramolecular Hbond substituents is 1. The Kier molecular flexibility index (Phi) is 4.43. The lowest BCUT2D eigenvalue weighted by Gasteiger charge is -2.12. The molecule has 0 saturated carbocycles. The number of aromatic nitrogens is 1. The van der Waals surface area contributed by atoms with Crippen LogP contribution in [0.4, 0.5) is 17.2 Å². The molecule has 0 aliphatic carbocycles. The van der Waals surface area contributed by atoms with Crippen LogP contribution in [0.2, 0.25) is 0 Å². The van der Waals surface area contributed by atoms with Crippen molar-refractivity contribution in [1.29, 1.82) is 0 Å². The van der Waals surface area contributed by atoms with Gasteiger partial charge in [-0.1, -0.05) is 17.7 Å². The van der Waals surface area contributed by atoms with Crippen LogP contribution < -0.4 is 10.6 Å². The third-order valence-corrected chi connectivity index (χ3v) is 3.47. The van der Waals surface area contributed by atoms with Gasteiger partial charge in [0.15, 0.2) is 5.82 Å². The van der Waals surface area contributed by atoms with Crippen LogP contribution in [0.25, 0.3) is 0 Å². The highest BCUT2D eigenvalue weighted by molar-refractivity contribution is 6.05. The summed E-state index contributed by atoms with van der Waals surface area (Å²) in [5.74, 6) is 0.527. The highest BCUT2D eigenvalue weighted by Gasteiger charge is 2.10. The van der Waals surface area contributed by atoms with Crippen LogP contribution in [-0.2, 0) is 0 Å². The lowest BCUT2D eigenvalue weighted by Crippen LogP contribution is -2.13. The monoisotopic (exact) mass is 319 g/mol. The fraction of sp³-hybridized carbons (Fsp3) is 0.0526. The molecule has 120 valence electrons. The molecule has 0 aliphatic rings. The number of carbonyl (C=O) groups excluding carboxylic acids is 1. The van der Waals surface area contributed by atoms with Crippen molar-refractivity contribution in [3.63, 3.8) is 0 Å². The fourth-order valence-corrected chi connectivity index (χ4v) is 2.27. The Labute approximate surface area is 140 Å². The van der Waals surface area contributed by atoms with Gasteiger partial charge in [0.1, 0.15) is 5.75 Å². The van der Waals surface area contributed by atoms with E-state index in [1.807, 2.05) is 25.1 Å². The Bertz CT molecular complexity index is 860. The Hall–Kier alpha value is -3.34. The van der Waals surface area contributed by atoms with E-state index in [0.717, 1.165) is 11.3 Å². The predicted octanol–water partition coefficient (Wildman–Crippen LogP) is 4.09. The molecular formula is C19H17N3O2. The first-order valence-corrected chi connectivity index (χ1v) is 7.51. The summed E-state index contributed by atoms with van der Waals surface area (Å²) in [6.45, 7) is 1.94. The predicted molar refractivity (Wildman–Crippen MR) is 94.8 cm³/mol. The fourth-order valence-electron chi connectivity index (χ4n) is 2.27.